The predicted molar refractivity (Wildman–Crippen MR) is 317 cm³/mol. The van der Waals surface area contributed by atoms with Crippen LogP contribution in [-0.4, -0.2) is 326 Å². The SMILES string of the molecule is CC1OC(OC2C(O)COC(OC3C(C)OC(OC4C(OC(=O)C56CCC(C)(C)CC5C5=CCC7C8(C)CC(O)C(OC9OC(CO)C(O)C(OC%10OC(CO)C(O)C(O)C%10O)C9O)C(C)(CO)C8CCC7(C)C5(C)CC6O)OCC(O)C4O)C(O)C3O)C2O)C(O)C(O)C1O. The van der Waals surface area contributed by atoms with Crippen LogP contribution in [0.2, 0.25) is 0 Å². The molecule has 96 heavy (non-hydrogen) atoms. The van der Waals surface area contributed by atoms with E-state index >= 15 is 4.79 Å². The Kier molecular flexibility index (Phi) is 21.8. The number of allylic oxidation sites excluding steroid dienone is 2. The Balaban J connectivity index is 0.795. The highest BCUT2D eigenvalue weighted by Gasteiger charge is 2.73. The Morgan fingerprint density at radius 1 is 0.490 bits per heavy atom. The lowest BCUT2D eigenvalue weighted by Gasteiger charge is -2.72. The molecule has 552 valence electrons. The van der Waals surface area contributed by atoms with E-state index in [1.807, 2.05) is 0 Å². The van der Waals surface area contributed by atoms with E-state index in [0.29, 0.717) is 32.1 Å². The molecule has 6 saturated heterocycles. The van der Waals surface area contributed by atoms with Crippen molar-refractivity contribution in [3.05, 3.63) is 11.6 Å². The number of hydrogen-bond acceptors (Lipinski definition) is 32. The highest BCUT2D eigenvalue weighted by Crippen LogP contribution is 2.76. The lowest BCUT2D eigenvalue weighted by Crippen LogP contribution is -2.71. The van der Waals surface area contributed by atoms with E-state index in [9.17, 15) is 97.0 Å². The third-order valence-electron chi connectivity index (χ3n) is 24.9. The lowest BCUT2D eigenvalue weighted by molar-refractivity contribution is -0.377. The van der Waals surface area contributed by atoms with Gasteiger partial charge in [-0.3, -0.25) is 4.79 Å². The molecule has 32 nitrogen and oxygen atoms in total. The second-order valence-electron chi connectivity index (χ2n) is 31.1. The van der Waals surface area contributed by atoms with Crippen molar-refractivity contribution in [1.29, 1.82) is 0 Å². The van der Waals surface area contributed by atoms with Gasteiger partial charge in [-0.25, -0.2) is 0 Å². The molecule has 19 N–H and O–H groups in total. The third kappa shape index (κ3) is 12.5. The van der Waals surface area contributed by atoms with Crippen LogP contribution in [-0.2, 0) is 61.6 Å². The van der Waals surface area contributed by atoms with Crippen molar-refractivity contribution in [1.82, 2.24) is 0 Å². The number of rotatable bonds is 15. The van der Waals surface area contributed by atoms with Crippen LogP contribution >= 0.6 is 0 Å². The minimum Gasteiger partial charge on any atom is -0.432 e. The summed E-state index contributed by atoms with van der Waals surface area (Å²) in [6.07, 6.45) is -46.2. The van der Waals surface area contributed by atoms with E-state index in [-0.39, 0.29) is 36.5 Å². The van der Waals surface area contributed by atoms with Crippen LogP contribution in [0.4, 0.5) is 0 Å². The quantitative estimate of drug-likeness (QED) is 0.0412. The molecule has 5 aliphatic carbocycles. The minimum atomic E-state index is -2.01. The van der Waals surface area contributed by atoms with E-state index in [1.165, 1.54) is 13.8 Å². The number of ether oxygens (including phenoxy) is 12. The van der Waals surface area contributed by atoms with E-state index in [1.54, 1.807) is 6.92 Å². The summed E-state index contributed by atoms with van der Waals surface area (Å²) in [5.74, 6) is -2.12. The maximum absolute atomic E-state index is 15.6. The van der Waals surface area contributed by atoms with Gasteiger partial charge in [-0.1, -0.05) is 53.2 Å². The second-order valence-corrected chi connectivity index (χ2v) is 31.1. The summed E-state index contributed by atoms with van der Waals surface area (Å²) in [6.45, 7) is 11.9. The molecule has 32 heteroatoms. The Labute approximate surface area is 555 Å². The van der Waals surface area contributed by atoms with Gasteiger partial charge in [-0.2, -0.15) is 0 Å². The normalized spacial score (nSPS) is 55.9. The Morgan fingerprint density at radius 3 is 1.68 bits per heavy atom. The molecule has 0 spiro atoms. The fraction of sp³-hybridized carbons (Fsp3) is 0.953. The van der Waals surface area contributed by atoms with Crippen molar-refractivity contribution in [2.45, 2.75) is 297 Å². The fourth-order valence-electron chi connectivity index (χ4n) is 19.1. The first-order valence-corrected chi connectivity index (χ1v) is 33.7. The molecular formula is C64H104O32. The molecule has 0 aromatic rings. The molecule has 4 saturated carbocycles. The predicted octanol–water partition coefficient (Wildman–Crippen LogP) is -6.14. The van der Waals surface area contributed by atoms with Gasteiger partial charge in [-0.05, 0) is 105 Å². The number of carbonyl (C=O) groups excluding carboxylic acids is 1. The number of esters is 1. The zero-order valence-corrected chi connectivity index (χ0v) is 55.2. The standard InChI is InChI=1S/C64H104O32/c1-23-35(72)39(76)42(79)53(87-23)92-48-29(70)21-85-52(45(48)82)91-47-24(2)88-54(44(81)41(47)78)94-50-36(73)28(69)20-86-57(50)96-58(84)64-14-13-59(3,4)15-26(64)25-9-10-33-60(5)16-27(68)51(61(6,22-67)32(60)11-12-62(33,7)63(25,8)17-34(64)71)95-56-46(83)49(38(75)31(19-66)90-56)93-55-43(80)40(77)37(74)30(18-65)89-55/h9,23-24,26-57,65-83H,10-22H2,1-8H3. The lowest BCUT2D eigenvalue weighted by atomic mass is 9.33. The maximum atomic E-state index is 15.6. The molecule has 0 bridgehead atoms. The first-order valence-electron chi connectivity index (χ1n) is 33.7. The first-order chi connectivity index (χ1) is 45.0. The van der Waals surface area contributed by atoms with E-state index < -0.39 is 262 Å². The summed E-state index contributed by atoms with van der Waals surface area (Å²) in [6, 6.07) is 0. The molecule has 11 aliphatic rings. The maximum Gasteiger partial charge on any atom is 0.317 e. The van der Waals surface area contributed by atoms with Crippen LogP contribution < -0.4 is 0 Å². The molecule has 0 radical (unpaired) electrons. The Morgan fingerprint density at radius 2 is 1.03 bits per heavy atom. The topological polar surface area (TPSA) is 512 Å². The van der Waals surface area contributed by atoms with Crippen molar-refractivity contribution in [3.8, 4) is 0 Å². The largest absolute Gasteiger partial charge is 0.432 e. The van der Waals surface area contributed by atoms with Crippen LogP contribution in [0.3, 0.4) is 0 Å². The summed E-state index contributed by atoms with van der Waals surface area (Å²) >= 11 is 0. The first kappa shape index (κ1) is 75.2. The molecular weight excluding hydrogens is 1280 g/mol. The minimum absolute atomic E-state index is 0.0723. The molecule has 39 atom stereocenters. The number of carbonyl (C=O) groups is 1. The zero-order chi connectivity index (χ0) is 70.2. The van der Waals surface area contributed by atoms with Crippen molar-refractivity contribution >= 4 is 5.97 Å². The number of fused-ring (bicyclic) bond motifs is 7. The van der Waals surface area contributed by atoms with Gasteiger partial charge in [0, 0.05) is 5.41 Å². The monoisotopic (exact) mass is 1380 g/mol. The molecule has 10 fully saturated rings. The Bertz CT molecular complexity index is 2720. The van der Waals surface area contributed by atoms with Crippen molar-refractivity contribution in [2.24, 2.45) is 50.2 Å². The highest BCUT2D eigenvalue weighted by molar-refractivity contribution is 5.80. The average Bonchev–Trinajstić information content (AvgIpc) is 0.670. The van der Waals surface area contributed by atoms with Crippen LogP contribution in [0.15, 0.2) is 11.6 Å². The number of aliphatic hydroxyl groups is 19. The highest BCUT2D eigenvalue weighted by atomic mass is 16.8. The van der Waals surface area contributed by atoms with Gasteiger partial charge in [0.15, 0.2) is 37.6 Å². The van der Waals surface area contributed by atoms with Crippen molar-refractivity contribution in [3.63, 3.8) is 0 Å². The van der Waals surface area contributed by atoms with Gasteiger partial charge in [0.05, 0.1) is 63.6 Å². The van der Waals surface area contributed by atoms with Gasteiger partial charge in [0.25, 0.3) is 0 Å². The van der Waals surface area contributed by atoms with Crippen molar-refractivity contribution < 1.29 is 159 Å². The second kappa shape index (κ2) is 27.9. The summed E-state index contributed by atoms with van der Waals surface area (Å²) < 4.78 is 70.8. The van der Waals surface area contributed by atoms with Gasteiger partial charge < -0.3 is 154 Å². The van der Waals surface area contributed by atoms with Crippen LogP contribution in [0.25, 0.3) is 0 Å². The van der Waals surface area contributed by atoms with E-state index in [0.717, 1.165) is 5.57 Å². The molecule has 39 unspecified atom stereocenters. The Hall–Kier alpha value is -1.99. The molecule has 0 amide bonds. The average molecular weight is 1390 g/mol. The van der Waals surface area contributed by atoms with Crippen LogP contribution in [0, 0.1) is 50.2 Å². The fourth-order valence-corrected chi connectivity index (χ4v) is 19.1. The smallest absolute Gasteiger partial charge is 0.317 e. The molecule has 6 aliphatic heterocycles. The van der Waals surface area contributed by atoms with Crippen LogP contribution in [0.1, 0.15) is 107 Å². The number of aliphatic hydroxyl groups excluding tert-OH is 19. The molecule has 11 rings (SSSR count). The molecule has 6 heterocycles. The van der Waals surface area contributed by atoms with E-state index in [2.05, 4.69) is 40.7 Å². The molecule has 0 aromatic heterocycles. The summed E-state index contributed by atoms with van der Waals surface area (Å²) in [7, 11) is 0. The van der Waals surface area contributed by atoms with E-state index in [4.69, 9.17) is 56.8 Å². The van der Waals surface area contributed by atoms with Crippen LogP contribution in [0.5, 0.6) is 0 Å². The van der Waals surface area contributed by atoms with Gasteiger partial charge in [0.1, 0.15) is 121 Å². The summed E-state index contributed by atoms with van der Waals surface area (Å²) in [5, 5.41) is 211. The van der Waals surface area contributed by atoms with Gasteiger partial charge in [0.2, 0.25) is 6.29 Å². The summed E-state index contributed by atoms with van der Waals surface area (Å²) in [4.78, 5) is 15.6. The van der Waals surface area contributed by atoms with Crippen molar-refractivity contribution in [2.75, 3.05) is 33.0 Å². The van der Waals surface area contributed by atoms with Gasteiger partial charge in [-0.15, -0.1) is 0 Å². The zero-order valence-electron chi connectivity index (χ0n) is 55.2. The third-order valence-corrected chi connectivity index (χ3v) is 24.9. The van der Waals surface area contributed by atoms with Gasteiger partial charge >= 0.3 is 5.97 Å². The number of hydrogen-bond donors (Lipinski definition) is 19. The summed E-state index contributed by atoms with van der Waals surface area (Å²) in [5.41, 5.74) is -4.50. The molecule has 0 aromatic carbocycles.